The summed E-state index contributed by atoms with van der Waals surface area (Å²) >= 11 is 0. The fourth-order valence-electron chi connectivity index (χ4n) is 7.27. The Kier molecular flexibility index (Phi) is 43.6. The molecule has 0 aromatic rings. The number of nitrogens with one attached hydrogen (secondary N) is 1. The van der Waals surface area contributed by atoms with E-state index in [-0.39, 0.29) is 6.09 Å². The van der Waals surface area contributed by atoms with Gasteiger partial charge < -0.3 is 19.5 Å². The number of rotatable bonds is 44. The first kappa shape index (κ1) is 54.6. The van der Waals surface area contributed by atoms with Crippen LogP contribution in [0.3, 0.4) is 0 Å². The Morgan fingerprint density at radius 2 is 0.839 bits per heavy atom. The summed E-state index contributed by atoms with van der Waals surface area (Å²) in [6.45, 7) is 17.1. The van der Waals surface area contributed by atoms with E-state index in [4.69, 9.17) is 14.2 Å². The lowest BCUT2D eigenvalue weighted by molar-refractivity contribution is -0.0294. The summed E-state index contributed by atoms with van der Waals surface area (Å²) in [4.78, 5) is 15.3. The summed E-state index contributed by atoms with van der Waals surface area (Å²) in [5.41, 5.74) is 0. The third-order valence-corrected chi connectivity index (χ3v) is 11.4. The van der Waals surface area contributed by atoms with Crippen LogP contribution in [0.4, 0.5) is 4.79 Å². The highest BCUT2D eigenvalue weighted by molar-refractivity contribution is 5.67. The zero-order valence-corrected chi connectivity index (χ0v) is 38.6. The predicted octanol–water partition coefficient (Wildman–Crippen LogP) is 15.1. The average molecular weight is 791 g/mol. The lowest BCUT2D eigenvalue weighted by Crippen LogP contribution is -2.45. The van der Waals surface area contributed by atoms with E-state index in [1.54, 1.807) is 0 Å². The molecule has 1 amide bonds. The number of hydrogen-bond donors (Lipinski definition) is 1. The molecule has 2 unspecified atom stereocenters. The molecule has 0 saturated heterocycles. The highest BCUT2D eigenvalue weighted by Crippen LogP contribution is 2.13. The number of carbonyl (C=O) groups excluding carboxylic acids is 1. The third-order valence-electron chi connectivity index (χ3n) is 11.4. The molecule has 2 atom stereocenters. The van der Waals surface area contributed by atoms with Gasteiger partial charge in [0.05, 0.1) is 13.2 Å². The van der Waals surface area contributed by atoms with Crippen LogP contribution in [0.15, 0.2) is 24.3 Å². The van der Waals surface area contributed by atoms with Crippen LogP contribution in [0.2, 0.25) is 0 Å². The Morgan fingerprint density at radius 3 is 1.20 bits per heavy atom. The molecule has 332 valence electrons. The maximum absolute atomic E-state index is 12.8. The average Bonchev–Trinajstić information content (AvgIpc) is 3.20. The van der Waals surface area contributed by atoms with E-state index in [2.05, 4.69) is 76.1 Å². The van der Waals surface area contributed by atoms with E-state index < -0.39 is 6.10 Å². The van der Waals surface area contributed by atoms with Gasteiger partial charge in [-0.2, -0.15) is 0 Å². The maximum atomic E-state index is 12.8. The van der Waals surface area contributed by atoms with Crippen molar-refractivity contribution in [3.05, 3.63) is 24.3 Å². The van der Waals surface area contributed by atoms with Gasteiger partial charge >= 0.3 is 6.09 Å². The van der Waals surface area contributed by atoms with E-state index in [9.17, 15) is 4.79 Å². The molecule has 0 aliphatic rings. The predicted molar refractivity (Wildman–Crippen MR) is 245 cm³/mol. The molecule has 0 aliphatic heterocycles. The second-order valence-corrected chi connectivity index (χ2v) is 16.7. The Balaban J connectivity index is 4.27. The molecule has 0 radical (unpaired) electrons. The van der Waals surface area contributed by atoms with Gasteiger partial charge in [-0.25, -0.2) is 4.79 Å². The van der Waals surface area contributed by atoms with Crippen LogP contribution < -0.4 is 5.32 Å². The SMILES string of the molecule is CCCCCCCCC=CCCCCCCCCOCC(COCCCCCCCCC=CCCCCCCCC)OC(=O)NCCN(C(C)CC)C(C)CC. The van der Waals surface area contributed by atoms with Gasteiger partial charge in [-0.05, 0) is 90.9 Å². The summed E-state index contributed by atoms with van der Waals surface area (Å²) < 4.78 is 17.9. The molecule has 0 bridgehead atoms. The maximum Gasteiger partial charge on any atom is 0.407 e. The van der Waals surface area contributed by atoms with E-state index in [1.165, 1.54) is 167 Å². The van der Waals surface area contributed by atoms with Crippen molar-refractivity contribution < 1.29 is 19.0 Å². The van der Waals surface area contributed by atoms with Gasteiger partial charge in [-0.1, -0.05) is 168 Å². The molecule has 0 fully saturated rings. The fourth-order valence-corrected chi connectivity index (χ4v) is 7.27. The van der Waals surface area contributed by atoms with Gasteiger partial charge in [0.25, 0.3) is 0 Å². The molecule has 0 spiro atoms. The first-order chi connectivity index (χ1) is 27.5. The third kappa shape index (κ3) is 38.2. The van der Waals surface area contributed by atoms with Gasteiger partial charge in [0.15, 0.2) is 6.10 Å². The lowest BCUT2D eigenvalue weighted by Gasteiger charge is -2.33. The monoisotopic (exact) mass is 791 g/mol. The first-order valence-corrected chi connectivity index (χ1v) is 24.7. The van der Waals surface area contributed by atoms with Crippen LogP contribution in [0, 0.1) is 0 Å². The lowest BCUT2D eigenvalue weighted by atomic mass is 10.1. The molecular weight excluding hydrogens is 693 g/mol. The number of hydrogen-bond acceptors (Lipinski definition) is 5. The molecule has 6 nitrogen and oxygen atoms in total. The van der Waals surface area contributed by atoms with E-state index >= 15 is 0 Å². The Bertz CT molecular complexity index is 793. The quantitative estimate of drug-likeness (QED) is 0.0492. The van der Waals surface area contributed by atoms with Gasteiger partial charge in [0.2, 0.25) is 0 Å². The normalized spacial score (nSPS) is 13.6. The number of carbonyl (C=O) groups is 1. The smallest absolute Gasteiger partial charge is 0.407 e. The highest BCUT2D eigenvalue weighted by Gasteiger charge is 2.19. The molecule has 0 aromatic heterocycles. The van der Waals surface area contributed by atoms with E-state index in [1.807, 2.05) is 0 Å². The van der Waals surface area contributed by atoms with Crippen molar-refractivity contribution in [3.8, 4) is 0 Å². The molecule has 6 heteroatoms. The Labute approximate surface area is 350 Å². The van der Waals surface area contributed by atoms with Crippen LogP contribution in [0.1, 0.15) is 234 Å². The second kappa shape index (κ2) is 44.7. The number of allylic oxidation sites excluding steroid dienone is 4. The number of nitrogens with zero attached hydrogens (tertiary/aromatic N) is 1. The first-order valence-electron chi connectivity index (χ1n) is 24.7. The summed E-state index contributed by atoms with van der Waals surface area (Å²) in [5, 5.41) is 3.00. The molecule has 0 aromatic carbocycles. The molecular formula is C50H98N2O4. The summed E-state index contributed by atoms with van der Waals surface area (Å²) in [7, 11) is 0. The molecule has 0 rings (SSSR count). The molecule has 1 N–H and O–H groups in total. The molecule has 56 heavy (non-hydrogen) atoms. The van der Waals surface area contributed by atoms with Crippen molar-refractivity contribution in [2.75, 3.05) is 39.5 Å². The van der Waals surface area contributed by atoms with Crippen molar-refractivity contribution in [2.45, 2.75) is 252 Å². The number of unbranched alkanes of at least 4 members (excludes halogenated alkanes) is 24. The van der Waals surface area contributed by atoms with Crippen LogP contribution in [0.5, 0.6) is 0 Å². The zero-order chi connectivity index (χ0) is 41.0. The van der Waals surface area contributed by atoms with Crippen molar-refractivity contribution in [2.24, 2.45) is 0 Å². The van der Waals surface area contributed by atoms with Crippen molar-refractivity contribution >= 4 is 6.09 Å². The topological polar surface area (TPSA) is 60.0 Å². The second-order valence-electron chi connectivity index (χ2n) is 16.7. The molecule has 0 saturated carbocycles. The van der Waals surface area contributed by atoms with Crippen molar-refractivity contribution in [3.63, 3.8) is 0 Å². The van der Waals surface area contributed by atoms with Crippen molar-refractivity contribution in [1.82, 2.24) is 10.2 Å². The molecule has 0 heterocycles. The highest BCUT2D eigenvalue weighted by atomic mass is 16.6. The number of amides is 1. The van der Waals surface area contributed by atoms with Gasteiger partial charge in [0.1, 0.15) is 0 Å². The Hall–Kier alpha value is -1.37. The van der Waals surface area contributed by atoms with E-state index in [0.29, 0.717) is 45.1 Å². The van der Waals surface area contributed by atoms with Gasteiger partial charge in [0, 0.05) is 38.4 Å². The van der Waals surface area contributed by atoms with Crippen molar-refractivity contribution in [1.29, 1.82) is 0 Å². The van der Waals surface area contributed by atoms with Crippen LogP contribution >= 0.6 is 0 Å². The van der Waals surface area contributed by atoms with Gasteiger partial charge in [-0.15, -0.1) is 0 Å². The zero-order valence-electron chi connectivity index (χ0n) is 38.6. The fraction of sp³-hybridized carbons (Fsp3) is 0.900. The Morgan fingerprint density at radius 1 is 0.500 bits per heavy atom. The standard InChI is InChI=1S/C50H98N2O4/c1-7-11-13-15-17-19-21-23-25-27-29-31-33-35-37-39-43-54-45-49(56-50(53)51-41-42-52(47(5)9-3)48(6)10-4)46-55-44-40-38-36-34-32-30-28-26-24-22-20-18-16-14-12-8-2/h23-26,47-49H,7-22,27-46H2,1-6H3,(H,51,53). The number of ether oxygens (including phenoxy) is 3. The van der Waals surface area contributed by atoms with Crippen LogP contribution in [-0.4, -0.2) is 68.7 Å². The van der Waals surface area contributed by atoms with Gasteiger partial charge in [-0.3, -0.25) is 4.90 Å². The number of alkyl carbamates (subject to hydrolysis) is 1. The minimum Gasteiger partial charge on any atom is -0.441 e. The minimum atomic E-state index is -0.390. The van der Waals surface area contributed by atoms with Crippen LogP contribution in [-0.2, 0) is 14.2 Å². The van der Waals surface area contributed by atoms with E-state index in [0.717, 1.165) is 32.2 Å². The summed E-state index contributed by atoms with van der Waals surface area (Å²) in [5.74, 6) is 0. The summed E-state index contributed by atoms with van der Waals surface area (Å²) in [6, 6.07) is 0.974. The minimum absolute atomic E-state index is 0.370. The van der Waals surface area contributed by atoms with Crippen LogP contribution in [0.25, 0.3) is 0 Å². The molecule has 0 aliphatic carbocycles. The summed E-state index contributed by atoms with van der Waals surface area (Å²) in [6.07, 6.45) is 47.4. The largest absolute Gasteiger partial charge is 0.441 e.